The fourth-order valence-corrected chi connectivity index (χ4v) is 3.51. The van der Waals surface area contributed by atoms with Gasteiger partial charge in [0.2, 0.25) is 0 Å². The summed E-state index contributed by atoms with van der Waals surface area (Å²) < 4.78 is 5.87. The fraction of sp³-hybridized carbons (Fsp3) is 1.00. The Morgan fingerprint density at radius 3 is 2.35 bits per heavy atom. The minimum Gasteiger partial charge on any atom is -0.373 e. The van der Waals surface area contributed by atoms with E-state index in [0.717, 1.165) is 6.42 Å². The van der Waals surface area contributed by atoms with E-state index in [2.05, 4.69) is 6.92 Å². The molecule has 2 bridgehead atoms. The van der Waals surface area contributed by atoms with E-state index in [0.29, 0.717) is 12.2 Å². The number of rotatable bonds is 8. The Morgan fingerprint density at radius 2 is 1.76 bits per heavy atom. The van der Waals surface area contributed by atoms with Gasteiger partial charge in [-0.2, -0.15) is 0 Å². The van der Waals surface area contributed by atoms with Gasteiger partial charge in [0.25, 0.3) is 0 Å². The topological polar surface area (TPSA) is 35.2 Å². The number of unbranched alkanes of at least 4 members (excludes halogenated alkanes) is 6. The maximum absolute atomic E-state index is 6.48. The second kappa shape index (κ2) is 6.19. The Balaban J connectivity index is 1.53. The van der Waals surface area contributed by atoms with E-state index in [1.165, 1.54) is 64.2 Å². The van der Waals surface area contributed by atoms with Crippen LogP contribution in [0.25, 0.3) is 0 Å². The zero-order valence-electron chi connectivity index (χ0n) is 11.4. The van der Waals surface area contributed by atoms with Crippen LogP contribution in [0.2, 0.25) is 0 Å². The van der Waals surface area contributed by atoms with Crippen LogP contribution in [0.3, 0.4) is 0 Å². The maximum atomic E-state index is 6.48. The largest absolute Gasteiger partial charge is 0.373 e. The van der Waals surface area contributed by atoms with Crippen molar-refractivity contribution in [2.45, 2.75) is 95.3 Å². The lowest BCUT2D eigenvalue weighted by molar-refractivity contribution is 0.0832. The van der Waals surface area contributed by atoms with Crippen molar-refractivity contribution < 1.29 is 4.74 Å². The second-order valence-corrected chi connectivity index (χ2v) is 6.13. The van der Waals surface area contributed by atoms with Crippen molar-refractivity contribution in [3.63, 3.8) is 0 Å². The molecule has 2 heteroatoms. The Morgan fingerprint density at radius 1 is 1.06 bits per heavy atom. The molecule has 100 valence electrons. The zero-order chi connectivity index (χ0) is 12.1. The first-order chi connectivity index (χ1) is 8.24. The van der Waals surface area contributed by atoms with Gasteiger partial charge in [-0.05, 0) is 25.7 Å². The SMILES string of the molecule is CCCCCCCCCC1(N)CC2CCC1O2. The third-order valence-electron chi connectivity index (χ3n) is 4.60. The third-order valence-corrected chi connectivity index (χ3v) is 4.60. The molecule has 3 atom stereocenters. The van der Waals surface area contributed by atoms with E-state index in [4.69, 9.17) is 10.5 Å². The first kappa shape index (κ1) is 13.4. The van der Waals surface area contributed by atoms with E-state index < -0.39 is 0 Å². The zero-order valence-corrected chi connectivity index (χ0v) is 11.4. The van der Waals surface area contributed by atoms with Crippen LogP contribution >= 0.6 is 0 Å². The predicted molar refractivity (Wildman–Crippen MR) is 72.0 cm³/mol. The monoisotopic (exact) mass is 239 g/mol. The van der Waals surface area contributed by atoms with Gasteiger partial charge >= 0.3 is 0 Å². The summed E-state index contributed by atoms with van der Waals surface area (Å²) in [6.07, 6.45) is 15.3. The molecular formula is C15H29NO. The van der Waals surface area contributed by atoms with Crippen LogP contribution < -0.4 is 5.73 Å². The van der Waals surface area contributed by atoms with Gasteiger partial charge < -0.3 is 10.5 Å². The van der Waals surface area contributed by atoms with Crippen LogP contribution in [0.15, 0.2) is 0 Å². The summed E-state index contributed by atoms with van der Waals surface area (Å²) in [6.45, 7) is 2.27. The molecule has 0 aromatic heterocycles. The number of hydrogen-bond acceptors (Lipinski definition) is 2. The summed E-state index contributed by atoms with van der Waals surface area (Å²) in [6, 6.07) is 0. The molecule has 0 saturated carbocycles. The highest BCUT2D eigenvalue weighted by molar-refractivity contribution is 5.04. The van der Waals surface area contributed by atoms with Crippen LogP contribution in [0.5, 0.6) is 0 Å². The molecule has 2 heterocycles. The van der Waals surface area contributed by atoms with Gasteiger partial charge in [0.05, 0.1) is 12.2 Å². The number of nitrogens with two attached hydrogens (primary N) is 1. The van der Waals surface area contributed by atoms with E-state index in [1.54, 1.807) is 0 Å². The number of hydrogen-bond donors (Lipinski definition) is 1. The highest BCUT2D eigenvalue weighted by Crippen LogP contribution is 2.42. The molecule has 0 aromatic carbocycles. The summed E-state index contributed by atoms with van der Waals surface area (Å²) in [7, 11) is 0. The molecule has 3 unspecified atom stereocenters. The van der Waals surface area contributed by atoms with Crippen LogP contribution in [0, 0.1) is 0 Å². The molecule has 0 aromatic rings. The molecule has 0 aliphatic carbocycles. The minimum atomic E-state index is 0.0341. The van der Waals surface area contributed by atoms with Crippen molar-refractivity contribution in [1.82, 2.24) is 0 Å². The van der Waals surface area contributed by atoms with E-state index in [9.17, 15) is 0 Å². The van der Waals surface area contributed by atoms with Crippen LogP contribution in [-0.2, 0) is 4.74 Å². The average Bonchev–Trinajstić information content (AvgIpc) is 2.88. The first-order valence-electron chi connectivity index (χ1n) is 7.69. The van der Waals surface area contributed by atoms with E-state index in [1.807, 2.05) is 0 Å². The molecule has 2 N–H and O–H groups in total. The third kappa shape index (κ3) is 3.45. The number of ether oxygens (including phenoxy) is 1. The Kier molecular flexibility index (Phi) is 4.87. The van der Waals surface area contributed by atoms with E-state index >= 15 is 0 Å². The molecule has 2 aliphatic rings. The Labute approximate surface area is 106 Å². The Bertz CT molecular complexity index is 231. The molecule has 2 saturated heterocycles. The molecular weight excluding hydrogens is 210 g/mol. The summed E-state index contributed by atoms with van der Waals surface area (Å²) in [5.74, 6) is 0. The molecule has 0 spiro atoms. The quantitative estimate of drug-likeness (QED) is 0.654. The van der Waals surface area contributed by atoms with Crippen LogP contribution in [0.1, 0.15) is 77.6 Å². The molecule has 2 fully saturated rings. The van der Waals surface area contributed by atoms with Gasteiger partial charge in [-0.25, -0.2) is 0 Å². The van der Waals surface area contributed by atoms with Gasteiger partial charge in [0, 0.05) is 5.54 Å². The lowest BCUT2D eigenvalue weighted by atomic mass is 9.79. The molecule has 2 nitrogen and oxygen atoms in total. The summed E-state index contributed by atoms with van der Waals surface area (Å²) in [5.41, 5.74) is 6.52. The first-order valence-corrected chi connectivity index (χ1v) is 7.69. The molecule has 17 heavy (non-hydrogen) atoms. The molecule has 0 amide bonds. The van der Waals surface area contributed by atoms with Crippen molar-refractivity contribution in [3.05, 3.63) is 0 Å². The van der Waals surface area contributed by atoms with E-state index in [-0.39, 0.29) is 5.54 Å². The molecule has 2 rings (SSSR count). The summed E-state index contributed by atoms with van der Waals surface area (Å²) >= 11 is 0. The maximum Gasteiger partial charge on any atom is 0.0760 e. The van der Waals surface area contributed by atoms with Gasteiger partial charge in [-0.1, -0.05) is 51.9 Å². The van der Waals surface area contributed by atoms with Crippen LogP contribution in [0.4, 0.5) is 0 Å². The molecule has 2 aliphatic heterocycles. The minimum absolute atomic E-state index is 0.0341. The lowest BCUT2D eigenvalue weighted by Gasteiger charge is -2.31. The second-order valence-electron chi connectivity index (χ2n) is 6.13. The van der Waals surface area contributed by atoms with Crippen LogP contribution in [-0.4, -0.2) is 17.7 Å². The standard InChI is InChI=1S/C15H29NO/c1-2-3-4-5-6-7-8-11-15(16)12-13-9-10-14(15)17-13/h13-14H,2-12,16H2,1H3. The highest BCUT2D eigenvalue weighted by atomic mass is 16.5. The van der Waals surface area contributed by atoms with Crippen molar-refractivity contribution in [1.29, 1.82) is 0 Å². The van der Waals surface area contributed by atoms with Crippen molar-refractivity contribution in [2.24, 2.45) is 5.73 Å². The van der Waals surface area contributed by atoms with Crippen molar-refractivity contribution in [2.75, 3.05) is 0 Å². The average molecular weight is 239 g/mol. The smallest absolute Gasteiger partial charge is 0.0760 e. The highest BCUT2D eigenvalue weighted by Gasteiger charge is 2.49. The predicted octanol–water partition coefficient (Wildman–Crippen LogP) is 3.78. The van der Waals surface area contributed by atoms with Crippen molar-refractivity contribution in [3.8, 4) is 0 Å². The lowest BCUT2D eigenvalue weighted by Crippen LogP contribution is -2.48. The normalized spacial score (nSPS) is 35.6. The Hall–Kier alpha value is -0.0800. The van der Waals surface area contributed by atoms with Gasteiger partial charge in [0.1, 0.15) is 0 Å². The fourth-order valence-electron chi connectivity index (χ4n) is 3.51. The van der Waals surface area contributed by atoms with Gasteiger partial charge in [-0.15, -0.1) is 0 Å². The van der Waals surface area contributed by atoms with Crippen molar-refractivity contribution >= 4 is 0 Å². The van der Waals surface area contributed by atoms with Gasteiger partial charge in [0.15, 0.2) is 0 Å². The summed E-state index contributed by atoms with van der Waals surface area (Å²) in [5, 5.41) is 0. The number of fused-ring (bicyclic) bond motifs is 2. The molecule has 0 radical (unpaired) electrons. The summed E-state index contributed by atoms with van der Waals surface area (Å²) in [4.78, 5) is 0. The van der Waals surface area contributed by atoms with Gasteiger partial charge in [-0.3, -0.25) is 0 Å².